The number of rotatable bonds is 5. The first-order chi connectivity index (χ1) is 15.0. The molecule has 2 aromatic carbocycles. The van der Waals surface area contributed by atoms with E-state index in [9.17, 15) is 9.59 Å². The molecule has 3 aromatic rings. The summed E-state index contributed by atoms with van der Waals surface area (Å²) in [5.74, 6) is -0.931. The van der Waals surface area contributed by atoms with Crippen LogP contribution >= 0.6 is 12.2 Å². The predicted molar refractivity (Wildman–Crippen MR) is 122 cm³/mol. The molecule has 31 heavy (non-hydrogen) atoms. The van der Waals surface area contributed by atoms with E-state index >= 15 is 0 Å². The number of benzene rings is 2. The highest BCUT2D eigenvalue weighted by atomic mass is 32.1. The summed E-state index contributed by atoms with van der Waals surface area (Å²) in [5.41, 5.74) is 4.01. The van der Waals surface area contributed by atoms with E-state index < -0.39 is 11.8 Å². The lowest BCUT2D eigenvalue weighted by molar-refractivity contribution is -0.128. The molecular formula is C24H18N4O2S. The average molecular weight is 427 g/mol. The van der Waals surface area contributed by atoms with Gasteiger partial charge in [-0.1, -0.05) is 42.5 Å². The van der Waals surface area contributed by atoms with Crippen LogP contribution in [0.5, 0.6) is 0 Å². The van der Waals surface area contributed by atoms with Gasteiger partial charge in [0.1, 0.15) is 5.57 Å². The minimum absolute atomic E-state index is 0.0230. The molecule has 1 fully saturated rings. The molecule has 6 nitrogen and oxygen atoms in total. The van der Waals surface area contributed by atoms with Gasteiger partial charge in [0, 0.05) is 17.9 Å². The number of amides is 2. The van der Waals surface area contributed by atoms with E-state index in [4.69, 9.17) is 17.5 Å². The second-order valence-corrected chi connectivity index (χ2v) is 7.41. The molecule has 1 aliphatic rings. The number of hydrogen-bond acceptors (Lipinski definition) is 4. The Kier molecular flexibility index (Phi) is 5.74. The number of nitriles is 1. The maximum Gasteiger partial charge on any atom is 0.265 e. The first-order valence-electron chi connectivity index (χ1n) is 9.67. The number of nitrogens with zero attached hydrogens (tertiary/aromatic N) is 2. The molecule has 0 bridgehead atoms. The third-order valence-corrected chi connectivity index (χ3v) is 5.31. The molecule has 0 spiro atoms. The highest BCUT2D eigenvalue weighted by molar-refractivity contribution is 7.80. The van der Waals surface area contributed by atoms with E-state index in [0.717, 1.165) is 16.8 Å². The summed E-state index contributed by atoms with van der Waals surface area (Å²) in [6.07, 6.45) is 2.16. The largest absolute Gasteiger partial charge is 0.355 e. The standard InChI is InChI=1S/C24H18N4O2S/c25-15-17-6-8-18(9-7-17)21-11-10-19(26-21)14-20-22(29)27-24(31)28(23(20)30)13-12-16-4-2-1-3-5-16/h1-11,14,26H,12-13H2,(H,27,29,31)/b20-14-. The molecule has 1 saturated heterocycles. The van der Waals surface area contributed by atoms with Crippen molar-refractivity contribution >= 4 is 35.2 Å². The van der Waals surface area contributed by atoms with Crippen molar-refractivity contribution in [3.8, 4) is 17.3 Å². The van der Waals surface area contributed by atoms with E-state index in [1.807, 2.05) is 48.5 Å². The molecule has 2 heterocycles. The molecule has 0 unspecified atom stereocenters. The van der Waals surface area contributed by atoms with Crippen molar-refractivity contribution in [2.45, 2.75) is 6.42 Å². The van der Waals surface area contributed by atoms with Crippen LogP contribution in [-0.4, -0.2) is 33.4 Å². The van der Waals surface area contributed by atoms with Crippen molar-refractivity contribution in [3.05, 3.63) is 89.1 Å². The highest BCUT2D eigenvalue weighted by Gasteiger charge is 2.33. The van der Waals surface area contributed by atoms with Crippen molar-refractivity contribution in [2.75, 3.05) is 6.54 Å². The van der Waals surface area contributed by atoms with E-state index in [2.05, 4.69) is 16.4 Å². The van der Waals surface area contributed by atoms with Gasteiger partial charge in [-0.2, -0.15) is 5.26 Å². The first kappa shape index (κ1) is 20.3. The molecule has 0 radical (unpaired) electrons. The third kappa shape index (κ3) is 4.44. The average Bonchev–Trinajstić information content (AvgIpc) is 3.26. The highest BCUT2D eigenvalue weighted by Crippen LogP contribution is 2.21. The van der Waals surface area contributed by atoms with E-state index in [1.165, 1.54) is 11.0 Å². The molecule has 0 aliphatic carbocycles. The second kappa shape index (κ2) is 8.78. The van der Waals surface area contributed by atoms with Gasteiger partial charge in [0.15, 0.2) is 5.11 Å². The van der Waals surface area contributed by atoms with Crippen LogP contribution in [0.1, 0.15) is 16.8 Å². The Morgan fingerprint density at radius 3 is 2.45 bits per heavy atom. The molecule has 1 aliphatic heterocycles. The fourth-order valence-corrected chi connectivity index (χ4v) is 3.59. The van der Waals surface area contributed by atoms with E-state index in [1.54, 1.807) is 18.2 Å². The number of thiocarbonyl (C=S) groups is 1. The lowest BCUT2D eigenvalue weighted by Crippen LogP contribution is -2.54. The van der Waals surface area contributed by atoms with Crippen LogP contribution in [0.25, 0.3) is 17.3 Å². The number of aromatic nitrogens is 1. The lowest BCUT2D eigenvalue weighted by Gasteiger charge is -2.28. The number of carbonyl (C=O) groups is 2. The maximum absolute atomic E-state index is 13.0. The summed E-state index contributed by atoms with van der Waals surface area (Å²) in [5, 5.41) is 11.7. The number of hydrogen-bond donors (Lipinski definition) is 2. The summed E-state index contributed by atoms with van der Waals surface area (Å²) in [6.45, 7) is 0.376. The van der Waals surface area contributed by atoms with E-state index in [-0.39, 0.29) is 10.7 Å². The number of aromatic amines is 1. The van der Waals surface area contributed by atoms with Crippen molar-refractivity contribution < 1.29 is 9.59 Å². The van der Waals surface area contributed by atoms with Gasteiger partial charge in [-0.25, -0.2) is 0 Å². The Morgan fingerprint density at radius 2 is 1.74 bits per heavy atom. The Labute approximate surface area is 184 Å². The van der Waals surface area contributed by atoms with Gasteiger partial charge in [0.25, 0.3) is 11.8 Å². The Morgan fingerprint density at radius 1 is 1.00 bits per heavy atom. The van der Waals surface area contributed by atoms with Gasteiger partial charge in [-0.3, -0.25) is 19.8 Å². The molecule has 2 N–H and O–H groups in total. The van der Waals surface area contributed by atoms with Gasteiger partial charge in [-0.15, -0.1) is 0 Å². The molecule has 152 valence electrons. The van der Waals surface area contributed by atoms with Crippen LogP contribution in [-0.2, 0) is 16.0 Å². The summed E-state index contributed by atoms with van der Waals surface area (Å²) < 4.78 is 0. The van der Waals surface area contributed by atoms with Gasteiger partial charge < -0.3 is 4.98 Å². The summed E-state index contributed by atoms with van der Waals surface area (Å²) in [4.78, 5) is 30.0. The smallest absolute Gasteiger partial charge is 0.265 e. The number of carbonyl (C=O) groups excluding carboxylic acids is 2. The van der Waals surface area contributed by atoms with Crippen LogP contribution < -0.4 is 5.32 Å². The van der Waals surface area contributed by atoms with E-state index in [0.29, 0.717) is 24.2 Å². The normalized spacial score (nSPS) is 15.1. The van der Waals surface area contributed by atoms with Crippen LogP contribution in [0.2, 0.25) is 0 Å². The second-order valence-electron chi connectivity index (χ2n) is 7.03. The first-order valence-corrected chi connectivity index (χ1v) is 10.1. The molecule has 7 heteroatoms. The van der Waals surface area contributed by atoms with Crippen LogP contribution in [0, 0.1) is 11.3 Å². The zero-order valence-electron chi connectivity index (χ0n) is 16.5. The minimum atomic E-state index is -0.513. The monoisotopic (exact) mass is 426 g/mol. The van der Waals surface area contributed by atoms with Gasteiger partial charge in [-0.05, 0) is 60.1 Å². The minimum Gasteiger partial charge on any atom is -0.355 e. The van der Waals surface area contributed by atoms with Crippen LogP contribution in [0.15, 0.2) is 72.3 Å². The summed E-state index contributed by atoms with van der Waals surface area (Å²) in [6, 6.07) is 22.7. The molecule has 1 aromatic heterocycles. The SMILES string of the molecule is N#Cc1ccc(-c2ccc(/C=C3/C(=O)NC(=S)N(CCc4ccccc4)C3=O)[nH]2)cc1. The topological polar surface area (TPSA) is 89.0 Å². The van der Waals surface area contributed by atoms with Crippen LogP contribution in [0.3, 0.4) is 0 Å². The Hall–Kier alpha value is -4.02. The molecular weight excluding hydrogens is 408 g/mol. The van der Waals surface area contributed by atoms with Crippen molar-refractivity contribution in [3.63, 3.8) is 0 Å². The predicted octanol–water partition coefficient (Wildman–Crippen LogP) is 3.42. The van der Waals surface area contributed by atoms with Gasteiger partial charge in [0.2, 0.25) is 0 Å². The van der Waals surface area contributed by atoms with Crippen molar-refractivity contribution in [2.24, 2.45) is 0 Å². The maximum atomic E-state index is 13.0. The zero-order valence-corrected chi connectivity index (χ0v) is 17.3. The summed E-state index contributed by atoms with van der Waals surface area (Å²) >= 11 is 5.22. The van der Waals surface area contributed by atoms with Crippen LogP contribution in [0.4, 0.5) is 0 Å². The molecule has 4 rings (SSSR count). The number of nitrogens with one attached hydrogen (secondary N) is 2. The molecule has 0 saturated carbocycles. The Bertz CT molecular complexity index is 1220. The fraction of sp³-hybridized carbons (Fsp3) is 0.0833. The number of H-pyrrole nitrogens is 1. The van der Waals surface area contributed by atoms with Gasteiger partial charge >= 0.3 is 0 Å². The fourth-order valence-electron chi connectivity index (χ4n) is 3.33. The third-order valence-electron chi connectivity index (χ3n) is 4.99. The Balaban J connectivity index is 1.54. The summed E-state index contributed by atoms with van der Waals surface area (Å²) in [7, 11) is 0. The van der Waals surface area contributed by atoms with Crippen molar-refractivity contribution in [1.29, 1.82) is 5.26 Å². The van der Waals surface area contributed by atoms with Crippen molar-refractivity contribution in [1.82, 2.24) is 15.2 Å². The molecule has 0 atom stereocenters. The molecule has 2 amide bonds. The lowest BCUT2D eigenvalue weighted by atomic mass is 10.1. The van der Waals surface area contributed by atoms with Gasteiger partial charge in [0.05, 0.1) is 11.6 Å². The zero-order chi connectivity index (χ0) is 21.8. The quantitative estimate of drug-likeness (QED) is 0.372.